The van der Waals surface area contributed by atoms with Crippen molar-refractivity contribution < 1.29 is 24.7 Å². The van der Waals surface area contributed by atoms with Crippen LogP contribution in [0.5, 0.6) is 0 Å². The second-order valence-electron chi connectivity index (χ2n) is 9.44. The van der Waals surface area contributed by atoms with Gasteiger partial charge in [-0.05, 0) is 43.5 Å². The predicted octanol–water partition coefficient (Wildman–Crippen LogP) is 8.18. The smallest absolute Gasteiger partial charge is 0.304 e. The first-order chi connectivity index (χ1) is 18.6. The Bertz CT molecular complexity index is 1830. The van der Waals surface area contributed by atoms with Crippen LogP contribution in [0.25, 0.3) is 31.6 Å². The maximum atomic E-state index is 4.48. The Balaban J connectivity index is 0.000000187. The zero-order valence-corrected chi connectivity index (χ0v) is 25.1. The number of hydrogen-bond donors (Lipinski definition) is 0. The predicted molar refractivity (Wildman–Crippen MR) is 157 cm³/mol. The summed E-state index contributed by atoms with van der Waals surface area (Å²) in [5.74, 6) is 0. The van der Waals surface area contributed by atoms with E-state index in [-0.39, 0.29) is 20.1 Å². The van der Waals surface area contributed by atoms with Crippen molar-refractivity contribution in [3.8, 4) is 11.3 Å². The largest absolute Gasteiger partial charge is 0.494 e. The molecule has 6 aromatic rings. The van der Waals surface area contributed by atoms with Crippen LogP contribution >= 0.6 is 11.3 Å². The van der Waals surface area contributed by atoms with Crippen LogP contribution in [0, 0.1) is 19.1 Å². The molecule has 1 radical (unpaired) electrons. The van der Waals surface area contributed by atoms with Gasteiger partial charge in [0, 0.05) is 44.6 Å². The van der Waals surface area contributed by atoms with Gasteiger partial charge < -0.3 is 4.98 Å². The molecule has 39 heavy (non-hydrogen) atoms. The SMILES string of the molecule is CC(C)[N+]1=C=[N+](c2[c-]cc3c(c2)sc2ncccc23)c2ccccc21.Cc1ccc(-c2[c-]cccc2)nc1.[Ir]. The summed E-state index contributed by atoms with van der Waals surface area (Å²) in [6, 6.07) is 39.2. The third-order valence-corrected chi connectivity index (χ3v) is 7.49. The summed E-state index contributed by atoms with van der Waals surface area (Å²) >= 11 is 1.72. The number of benzene rings is 3. The van der Waals surface area contributed by atoms with E-state index in [0.29, 0.717) is 6.04 Å². The molecule has 0 saturated carbocycles. The van der Waals surface area contributed by atoms with Gasteiger partial charge in [-0.15, -0.1) is 58.7 Å². The van der Waals surface area contributed by atoms with Crippen molar-refractivity contribution in [2.24, 2.45) is 0 Å². The van der Waals surface area contributed by atoms with Crippen molar-refractivity contribution >= 4 is 54.7 Å². The van der Waals surface area contributed by atoms with Crippen molar-refractivity contribution in [1.29, 1.82) is 0 Å². The number of para-hydroxylation sites is 2. The molecule has 0 spiro atoms. The minimum atomic E-state index is 0. The molecule has 3 aromatic carbocycles. The van der Waals surface area contributed by atoms with Gasteiger partial charge in [0.05, 0.1) is 0 Å². The number of thiophene rings is 1. The molecule has 4 heterocycles. The summed E-state index contributed by atoms with van der Waals surface area (Å²) in [7, 11) is 0. The maximum Gasteiger partial charge on any atom is 0.494 e. The topological polar surface area (TPSA) is 31.8 Å². The monoisotopic (exact) mass is 703 g/mol. The number of hydrogen-bond acceptors (Lipinski definition) is 3. The van der Waals surface area contributed by atoms with Gasteiger partial charge in [-0.2, -0.15) is 6.07 Å². The molecule has 0 unspecified atom stereocenters. The second kappa shape index (κ2) is 11.5. The minimum Gasteiger partial charge on any atom is -0.304 e. The van der Waals surface area contributed by atoms with Gasteiger partial charge in [0.2, 0.25) is 0 Å². The Kier molecular flexibility index (Phi) is 7.92. The third-order valence-electron chi connectivity index (χ3n) is 6.41. The van der Waals surface area contributed by atoms with Crippen LogP contribution in [0.2, 0.25) is 0 Å². The van der Waals surface area contributed by atoms with Gasteiger partial charge in [0.1, 0.15) is 10.5 Å². The number of rotatable bonds is 3. The van der Waals surface area contributed by atoms with Gasteiger partial charge in [-0.3, -0.25) is 0 Å². The third kappa shape index (κ3) is 5.38. The molecular weight excluding hydrogens is 677 g/mol. The van der Waals surface area contributed by atoms with E-state index in [1.165, 1.54) is 26.7 Å². The molecular formula is C33H26IrN4S. The minimum absolute atomic E-state index is 0. The Morgan fingerprint density at radius 3 is 2.44 bits per heavy atom. The van der Waals surface area contributed by atoms with Crippen LogP contribution < -0.4 is 4.58 Å². The molecule has 6 heteroatoms. The summed E-state index contributed by atoms with van der Waals surface area (Å²) < 4.78 is 5.51. The molecule has 193 valence electrons. The van der Waals surface area contributed by atoms with Gasteiger partial charge in [-0.1, -0.05) is 50.2 Å². The first-order valence-electron chi connectivity index (χ1n) is 12.6. The molecule has 0 N–H and O–H groups in total. The normalized spacial score (nSPS) is 11.9. The molecule has 0 aliphatic carbocycles. The van der Waals surface area contributed by atoms with E-state index >= 15 is 0 Å². The van der Waals surface area contributed by atoms with E-state index in [9.17, 15) is 0 Å². The number of aromatic nitrogens is 2. The summed E-state index contributed by atoms with van der Waals surface area (Å²) in [4.78, 5) is 9.87. The zero-order chi connectivity index (χ0) is 26.1. The summed E-state index contributed by atoms with van der Waals surface area (Å²) in [5, 5.41) is 2.41. The first-order valence-corrected chi connectivity index (χ1v) is 13.4. The van der Waals surface area contributed by atoms with Crippen LogP contribution in [-0.4, -0.2) is 26.6 Å². The number of fused-ring (bicyclic) bond motifs is 4. The van der Waals surface area contributed by atoms with Crippen LogP contribution in [-0.2, 0) is 20.1 Å². The number of nitrogens with zero attached hydrogens (tertiary/aromatic N) is 4. The summed E-state index contributed by atoms with van der Waals surface area (Å²) in [6.07, 6.45) is 3.72. The van der Waals surface area contributed by atoms with Gasteiger partial charge in [-0.25, -0.2) is 4.98 Å². The molecule has 4 nitrogen and oxygen atoms in total. The quantitative estimate of drug-likeness (QED) is 0.138. The Hall–Kier alpha value is -3.79. The molecule has 0 atom stereocenters. The van der Waals surface area contributed by atoms with E-state index in [1.807, 2.05) is 55.7 Å². The maximum absolute atomic E-state index is 4.48. The standard InChI is InChI=1S/C21H16N3S.C12H10N.Ir/c1-14(2)23-13-24(19-8-4-3-7-18(19)23)15-9-10-16-17-6-5-11-22-21(17)25-20(16)12-15;1-10-7-8-12(13-9-10)11-5-3-2-4-6-11;/h3-8,10-12,14H,1-2H3;2-5,7-9H,1H3;/q+1;-1;. The van der Waals surface area contributed by atoms with Crippen molar-refractivity contribution in [1.82, 2.24) is 14.5 Å². The first kappa shape index (κ1) is 26.8. The molecule has 0 saturated heterocycles. The van der Waals surface area contributed by atoms with Crippen molar-refractivity contribution in [3.63, 3.8) is 0 Å². The van der Waals surface area contributed by atoms with Gasteiger partial charge in [0.25, 0.3) is 11.4 Å². The fourth-order valence-corrected chi connectivity index (χ4v) is 5.55. The van der Waals surface area contributed by atoms with Crippen LogP contribution in [0.1, 0.15) is 19.4 Å². The van der Waals surface area contributed by atoms with Crippen molar-refractivity contribution in [3.05, 3.63) is 115 Å². The Labute approximate surface area is 246 Å². The van der Waals surface area contributed by atoms with Crippen molar-refractivity contribution in [2.75, 3.05) is 0 Å². The molecule has 0 fully saturated rings. The summed E-state index contributed by atoms with van der Waals surface area (Å²) in [5.41, 5.74) is 6.54. The van der Waals surface area contributed by atoms with Crippen LogP contribution in [0.3, 0.4) is 0 Å². The van der Waals surface area contributed by atoms with Gasteiger partial charge >= 0.3 is 6.01 Å². The van der Waals surface area contributed by atoms with E-state index in [0.717, 1.165) is 27.5 Å². The molecule has 1 aliphatic heterocycles. The van der Waals surface area contributed by atoms with Gasteiger partial charge in [0.15, 0.2) is 6.04 Å². The van der Waals surface area contributed by atoms with E-state index in [4.69, 9.17) is 0 Å². The second-order valence-corrected chi connectivity index (χ2v) is 10.5. The zero-order valence-electron chi connectivity index (χ0n) is 21.8. The van der Waals surface area contributed by atoms with Crippen LogP contribution in [0.15, 0.2) is 97.3 Å². The Morgan fingerprint density at radius 2 is 1.69 bits per heavy atom. The average Bonchev–Trinajstić information content (AvgIpc) is 3.53. The molecule has 3 aromatic heterocycles. The Morgan fingerprint density at radius 1 is 0.872 bits per heavy atom. The number of pyridine rings is 2. The fourth-order valence-electron chi connectivity index (χ4n) is 4.50. The van der Waals surface area contributed by atoms with Crippen LogP contribution in [0.4, 0.5) is 17.1 Å². The van der Waals surface area contributed by atoms with Crippen molar-refractivity contribution in [2.45, 2.75) is 26.8 Å². The molecule has 1 aliphatic rings. The number of aryl methyl sites for hydroxylation is 1. The molecule has 0 bridgehead atoms. The van der Waals surface area contributed by atoms with E-state index in [1.54, 1.807) is 11.3 Å². The average molecular weight is 703 g/mol. The molecule has 7 rings (SSSR count). The van der Waals surface area contributed by atoms with E-state index in [2.05, 4.69) is 99.6 Å². The fraction of sp³-hybridized carbons (Fsp3) is 0.121. The molecule has 0 amide bonds. The summed E-state index contributed by atoms with van der Waals surface area (Å²) in [6.45, 7) is 6.39. The van der Waals surface area contributed by atoms with E-state index < -0.39 is 0 Å².